The molecule has 1 saturated carbocycles. The number of rotatable bonds is 4. The maximum atomic E-state index is 14.7. The Labute approximate surface area is 183 Å². The number of carbonyl (C=O) groups excluding carboxylic acids is 1. The Morgan fingerprint density at radius 2 is 2.03 bits per heavy atom. The summed E-state index contributed by atoms with van der Waals surface area (Å²) >= 11 is 0. The van der Waals surface area contributed by atoms with Crippen LogP contribution >= 0.6 is 0 Å². The average molecular weight is 449 g/mol. The van der Waals surface area contributed by atoms with E-state index in [-0.39, 0.29) is 23.3 Å². The van der Waals surface area contributed by atoms with Crippen molar-refractivity contribution in [2.75, 3.05) is 26.0 Å². The summed E-state index contributed by atoms with van der Waals surface area (Å²) in [4.78, 5) is 35.1. The second-order valence-electron chi connectivity index (χ2n) is 8.21. The molecule has 2 heterocycles. The van der Waals surface area contributed by atoms with E-state index in [1.165, 1.54) is 38.6 Å². The molecule has 172 valence electrons. The van der Waals surface area contributed by atoms with Gasteiger partial charge < -0.3 is 20.1 Å². The zero-order valence-corrected chi connectivity index (χ0v) is 17.8. The van der Waals surface area contributed by atoms with Crippen molar-refractivity contribution in [3.05, 3.63) is 23.8 Å². The number of hydrogen-bond acceptors (Lipinski definition) is 7. The molecule has 2 fully saturated rings. The smallest absolute Gasteiger partial charge is 0.337 e. The SMILES string of the molecule is COc1cc(C(=O)O)ccc1NC1=NC2C(C=N1)N(C)C(=O)C(F)(F)CN2C1CCCC1. The number of aliphatic imine (C=N–C) groups is 2. The Hall–Kier alpha value is -3.08. The molecule has 0 radical (unpaired) electrons. The molecule has 32 heavy (non-hydrogen) atoms. The lowest BCUT2D eigenvalue weighted by Gasteiger charge is -2.38. The second-order valence-corrected chi connectivity index (χ2v) is 8.21. The van der Waals surface area contributed by atoms with Gasteiger partial charge in [0.05, 0.1) is 24.9 Å². The number of benzene rings is 1. The Bertz CT molecular complexity index is 977. The van der Waals surface area contributed by atoms with E-state index < -0.39 is 36.6 Å². The van der Waals surface area contributed by atoms with Gasteiger partial charge in [-0.3, -0.25) is 9.69 Å². The Balaban J connectivity index is 1.67. The third-order valence-corrected chi connectivity index (χ3v) is 6.20. The molecule has 11 heteroatoms. The van der Waals surface area contributed by atoms with E-state index in [0.717, 1.165) is 30.6 Å². The zero-order valence-electron chi connectivity index (χ0n) is 17.8. The van der Waals surface area contributed by atoms with Gasteiger partial charge in [0.15, 0.2) is 0 Å². The number of carboxylic acid groups (broad SMARTS) is 1. The van der Waals surface area contributed by atoms with Crippen molar-refractivity contribution in [2.24, 2.45) is 9.98 Å². The molecule has 1 aromatic carbocycles. The van der Waals surface area contributed by atoms with Crippen LogP contribution in [0.1, 0.15) is 36.0 Å². The van der Waals surface area contributed by atoms with E-state index in [9.17, 15) is 23.5 Å². The molecule has 9 nitrogen and oxygen atoms in total. The van der Waals surface area contributed by atoms with E-state index >= 15 is 0 Å². The highest BCUT2D eigenvalue weighted by molar-refractivity contribution is 6.03. The van der Waals surface area contributed by atoms with Gasteiger partial charge in [-0.2, -0.15) is 8.78 Å². The minimum Gasteiger partial charge on any atom is -0.495 e. The molecule has 2 atom stereocenters. The van der Waals surface area contributed by atoms with E-state index in [1.54, 1.807) is 4.90 Å². The van der Waals surface area contributed by atoms with Gasteiger partial charge in [-0.25, -0.2) is 14.8 Å². The number of guanidine groups is 1. The van der Waals surface area contributed by atoms with Crippen molar-refractivity contribution in [3.63, 3.8) is 0 Å². The van der Waals surface area contributed by atoms with Gasteiger partial charge in [-0.15, -0.1) is 0 Å². The van der Waals surface area contributed by atoms with E-state index in [0.29, 0.717) is 5.69 Å². The number of likely N-dealkylation sites (N-methyl/N-ethyl adjacent to an activating group) is 1. The van der Waals surface area contributed by atoms with Crippen molar-refractivity contribution >= 4 is 29.7 Å². The summed E-state index contributed by atoms with van der Waals surface area (Å²) < 4.78 is 34.7. The molecule has 3 aliphatic rings. The summed E-state index contributed by atoms with van der Waals surface area (Å²) in [5.74, 6) is -5.40. The number of carboxylic acids is 1. The van der Waals surface area contributed by atoms with Crippen molar-refractivity contribution in [3.8, 4) is 5.75 Å². The number of carbonyl (C=O) groups is 2. The molecule has 1 amide bonds. The predicted octanol–water partition coefficient (Wildman–Crippen LogP) is 2.29. The van der Waals surface area contributed by atoms with Gasteiger partial charge in [0.2, 0.25) is 5.96 Å². The third-order valence-electron chi connectivity index (χ3n) is 6.20. The van der Waals surface area contributed by atoms with Crippen molar-refractivity contribution in [1.29, 1.82) is 0 Å². The lowest BCUT2D eigenvalue weighted by molar-refractivity contribution is -0.156. The first-order valence-corrected chi connectivity index (χ1v) is 10.4. The maximum absolute atomic E-state index is 14.7. The van der Waals surface area contributed by atoms with Crippen LogP contribution in [0.2, 0.25) is 0 Å². The van der Waals surface area contributed by atoms with Crippen molar-refractivity contribution < 1.29 is 28.2 Å². The second kappa shape index (κ2) is 8.45. The van der Waals surface area contributed by atoms with Crippen LogP contribution in [-0.4, -0.2) is 83.8 Å². The molecule has 4 rings (SSSR count). The van der Waals surface area contributed by atoms with Gasteiger partial charge in [0, 0.05) is 19.3 Å². The molecule has 1 saturated heterocycles. The average Bonchev–Trinajstić information content (AvgIpc) is 3.29. The molecule has 2 unspecified atom stereocenters. The number of anilines is 1. The van der Waals surface area contributed by atoms with Gasteiger partial charge >= 0.3 is 11.9 Å². The normalized spacial score (nSPS) is 25.8. The number of ether oxygens (including phenoxy) is 1. The number of amides is 1. The van der Waals surface area contributed by atoms with Crippen LogP contribution in [0.15, 0.2) is 28.2 Å². The van der Waals surface area contributed by atoms with Crippen LogP contribution in [0.5, 0.6) is 5.75 Å². The molecule has 2 N–H and O–H groups in total. The number of hydrogen-bond donors (Lipinski definition) is 2. The molecule has 0 spiro atoms. The first kappa shape index (κ1) is 22.1. The summed E-state index contributed by atoms with van der Waals surface area (Å²) in [7, 11) is 2.75. The number of halogens is 2. The summed E-state index contributed by atoms with van der Waals surface area (Å²) in [5.41, 5.74) is 0.489. The number of nitrogens with zero attached hydrogens (tertiary/aromatic N) is 4. The maximum Gasteiger partial charge on any atom is 0.337 e. The largest absolute Gasteiger partial charge is 0.495 e. The van der Waals surface area contributed by atoms with Crippen LogP contribution in [0, 0.1) is 0 Å². The monoisotopic (exact) mass is 449 g/mol. The van der Waals surface area contributed by atoms with Gasteiger partial charge in [-0.1, -0.05) is 12.8 Å². The highest BCUT2D eigenvalue weighted by Crippen LogP contribution is 2.35. The standard InChI is InChI=1S/C21H25F2N5O4/c1-27-15-10-24-20(25-14-8-7-12(18(29)30)9-16(14)32-2)26-17(15)28(13-5-3-4-6-13)11-21(22,23)19(27)31/h7-10,13,15,17H,3-6,11H2,1-2H3,(H,25,26)(H,29,30). The highest BCUT2D eigenvalue weighted by Gasteiger charge is 2.53. The summed E-state index contributed by atoms with van der Waals surface area (Å²) in [6.07, 6.45) is 4.19. The first-order valence-electron chi connectivity index (χ1n) is 10.4. The quantitative estimate of drug-likeness (QED) is 0.731. The number of nitrogens with one attached hydrogen (secondary N) is 1. The fourth-order valence-electron chi connectivity index (χ4n) is 4.51. The minimum absolute atomic E-state index is 0.0556. The third kappa shape index (κ3) is 4.04. The Morgan fingerprint density at radius 3 is 2.69 bits per heavy atom. The summed E-state index contributed by atoms with van der Waals surface area (Å²) in [6, 6.07) is 3.49. The van der Waals surface area contributed by atoms with Gasteiger partial charge in [0.25, 0.3) is 5.91 Å². The van der Waals surface area contributed by atoms with E-state index in [4.69, 9.17) is 4.74 Å². The Morgan fingerprint density at radius 1 is 1.31 bits per heavy atom. The number of fused-ring (bicyclic) bond motifs is 1. The number of methoxy groups -OCH3 is 1. The van der Waals surface area contributed by atoms with E-state index in [1.807, 2.05) is 0 Å². The van der Waals surface area contributed by atoms with Crippen LogP contribution in [-0.2, 0) is 4.79 Å². The molecule has 1 aliphatic carbocycles. The van der Waals surface area contributed by atoms with Crippen molar-refractivity contribution in [2.45, 2.75) is 49.9 Å². The number of aromatic carboxylic acids is 1. The Kier molecular flexibility index (Phi) is 5.85. The zero-order chi connectivity index (χ0) is 23.0. The summed E-state index contributed by atoms with van der Waals surface area (Å²) in [5, 5.41) is 12.2. The minimum atomic E-state index is -3.51. The highest BCUT2D eigenvalue weighted by atomic mass is 19.3. The van der Waals surface area contributed by atoms with Crippen LogP contribution in [0.25, 0.3) is 0 Å². The van der Waals surface area contributed by atoms with Crippen LogP contribution < -0.4 is 10.1 Å². The predicted molar refractivity (Wildman–Crippen MR) is 114 cm³/mol. The van der Waals surface area contributed by atoms with Crippen LogP contribution in [0.4, 0.5) is 14.5 Å². The van der Waals surface area contributed by atoms with Crippen LogP contribution in [0.3, 0.4) is 0 Å². The molecular formula is C21H25F2N5O4. The molecular weight excluding hydrogens is 424 g/mol. The van der Waals surface area contributed by atoms with Gasteiger partial charge in [0.1, 0.15) is 18.0 Å². The molecule has 0 aromatic heterocycles. The fourth-order valence-corrected chi connectivity index (χ4v) is 4.51. The molecule has 2 aliphatic heterocycles. The molecule has 0 bridgehead atoms. The lowest BCUT2D eigenvalue weighted by atomic mass is 10.1. The lowest BCUT2D eigenvalue weighted by Crippen LogP contribution is -2.53. The summed E-state index contributed by atoms with van der Waals surface area (Å²) in [6.45, 7) is -0.691. The topological polar surface area (TPSA) is 107 Å². The number of alkyl halides is 2. The molecule has 1 aromatic rings. The fraction of sp³-hybridized carbons (Fsp3) is 0.524. The van der Waals surface area contributed by atoms with Crippen molar-refractivity contribution in [1.82, 2.24) is 9.80 Å². The van der Waals surface area contributed by atoms with E-state index in [2.05, 4.69) is 15.3 Å². The first-order chi connectivity index (χ1) is 15.2. The van der Waals surface area contributed by atoms with Gasteiger partial charge in [-0.05, 0) is 31.0 Å².